The van der Waals surface area contributed by atoms with Gasteiger partial charge in [0.05, 0.1) is 6.10 Å². The number of aliphatic hydroxyl groups excluding tert-OH is 2. The molecule has 0 aromatic heterocycles. The third-order valence-electron chi connectivity index (χ3n) is 1.27. The molecule has 0 aliphatic carbocycles. The zero-order valence-electron chi connectivity index (χ0n) is 7.45. The second-order valence-corrected chi connectivity index (χ2v) is 2.60. The van der Waals surface area contributed by atoms with E-state index in [1.54, 1.807) is 19.1 Å². The van der Waals surface area contributed by atoms with E-state index in [1.165, 1.54) is 0 Å². The molecule has 0 radical (unpaired) electrons. The van der Waals surface area contributed by atoms with Crippen molar-refractivity contribution in [2.75, 3.05) is 6.61 Å². The van der Waals surface area contributed by atoms with E-state index in [0.29, 0.717) is 0 Å². The standard InChI is InChI=1S/C10H16O2/c1-10(12)8-6-4-2-3-5-7-9-11/h6,8,10-12H,3,5,7,9H2,1H3/b8-6+. The van der Waals surface area contributed by atoms with Crippen LogP contribution in [0, 0.1) is 11.8 Å². The van der Waals surface area contributed by atoms with Crippen LogP contribution < -0.4 is 0 Å². The van der Waals surface area contributed by atoms with E-state index in [4.69, 9.17) is 10.2 Å². The zero-order chi connectivity index (χ0) is 9.23. The molecule has 12 heavy (non-hydrogen) atoms. The van der Waals surface area contributed by atoms with Crippen LogP contribution in [0.25, 0.3) is 0 Å². The highest BCUT2D eigenvalue weighted by molar-refractivity contribution is 5.15. The highest BCUT2D eigenvalue weighted by Gasteiger charge is 1.82. The van der Waals surface area contributed by atoms with E-state index in [-0.39, 0.29) is 6.61 Å². The van der Waals surface area contributed by atoms with Gasteiger partial charge in [-0.15, -0.1) is 0 Å². The SMILES string of the molecule is CC(O)/C=C/C#CCCCCO. The third kappa shape index (κ3) is 9.22. The first kappa shape index (κ1) is 11.2. The molecule has 0 aromatic carbocycles. The molecule has 2 N–H and O–H groups in total. The van der Waals surface area contributed by atoms with Crippen LogP contribution in [0.4, 0.5) is 0 Å². The first-order valence-electron chi connectivity index (χ1n) is 4.21. The molecule has 68 valence electrons. The molecule has 0 saturated carbocycles. The average molecular weight is 168 g/mol. The lowest BCUT2D eigenvalue weighted by atomic mass is 10.2. The van der Waals surface area contributed by atoms with Crippen LogP contribution in [0.1, 0.15) is 26.2 Å². The maximum absolute atomic E-state index is 8.81. The smallest absolute Gasteiger partial charge is 0.0701 e. The Balaban J connectivity index is 3.34. The average Bonchev–Trinajstić information content (AvgIpc) is 2.02. The van der Waals surface area contributed by atoms with Crippen LogP contribution >= 0.6 is 0 Å². The Morgan fingerprint density at radius 3 is 2.75 bits per heavy atom. The summed E-state index contributed by atoms with van der Waals surface area (Å²) in [6, 6.07) is 0. The van der Waals surface area contributed by atoms with Crippen molar-refractivity contribution >= 4 is 0 Å². The monoisotopic (exact) mass is 168 g/mol. The molecule has 0 heterocycles. The minimum Gasteiger partial charge on any atom is -0.396 e. The lowest BCUT2D eigenvalue weighted by molar-refractivity contribution is 0.244. The summed E-state index contributed by atoms with van der Waals surface area (Å²) in [5.74, 6) is 5.72. The summed E-state index contributed by atoms with van der Waals surface area (Å²) in [4.78, 5) is 0. The molecule has 0 aromatic rings. The van der Waals surface area contributed by atoms with Gasteiger partial charge >= 0.3 is 0 Å². The Morgan fingerprint density at radius 1 is 1.42 bits per heavy atom. The van der Waals surface area contributed by atoms with Crippen molar-refractivity contribution in [1.29, 1.82) is 0 Å². The summed E-state index contributed by atoms with van der Waals surface area (Å²) >= 11 is 0. The second-order valence-electron chi connectivity index (χ2n) is 2.60. The normalized spacial score (nSPS) is 12.6. The minimum atomic E-state index is -0.420. The Bertz CT molecular complexity index is 172. The van der Waals surface area contributed by atoms with Crippen molar-refractivity contribution in [1.82, 2.24) is 0 Å². The maximum Gasteiger partial charge on any atom is 0.0701 e. The van der Waals surface area contributed by atoms with Crippen molar-refractivity contribution in [3.63, 3.8) is 0 Å². The van der Waals surface area contributed by atoms with E-state index in [2.05, 4.69) is 11.8 Å². The van der Waals surface area contributed by atoms with Gasteiger partial charge < -0.3 is 10.2 Å². The largest absolute Gasteiger partial charge is 0.396 e. The van der Waals surface area contributed by atoms with Gasteiger partial charge in [-0.05, 0) is 31.9 Å². The molecule has 2 nitrogen and oxygen atoms in total. The Kier molecular flexibility index (Phi) is 7.78. The molecule has 0 amide bonds. The molecule has 1 unspecified atom stereocenters. The predicted molar refractivity (Wildman–Crippen MR) is 49.5 cm³/mol. The molecule has 0 bridgehead atoms. The molecule has 0 aliphatic heterocycles. The summed E-state index contributed by atoms with van der Waals surface area (Å²) < 4.78 is 0. The number of unbranched alkanes of at least 4 members (excludes halogenated alkanes) is 2. The summed E-state index contributed by atoms with van der Waals surface area (Å²) in [7, 11) is 0. The Hall–Kier alpha value is -0.780. The molecule has 0 spiro atoms. The molecule has 2 heteroatoms. The molecular weight excluding hydrogens is 152 g/mol. The summed E-state index contributed by atoms with van der Waals surface area (Å²) in [5, 5.41) is 17.3. The van der Waals surface area contributed by atoms with Gasteiger partial charge in [0.15, 0.2) is 0 Å². The fourth-order valence-electron chi connectivity index (χ4n) is 0.644. The van der Waals surface area contributed by atoms with Crippen LogP contribution in [0.3, 0.4) is 0 Å². The van der Waals surface area contributed by atoms with Crippen LogP contribution in [-0.2, 0) is 0 Å². The van der Waals surface area contributed by atoms with Gasteiger partial charge in [-0.2, -0.15) is 0 Å². The van der Waals surface area contributed by atoms with Crippen LogP contribution in [0.2, 0.25) is 0 Å². The van der Waals surface area contributed by atoms with Crippen molar-refractivity contribution in [3.8, 4) is 11.8 Å². The van der Waals surface area contributed by atoms with Gasteiger partial charge in [-0.25, -0.2) is 0 Å². The van der Waals surface area contributed by atoms with E-state index in [9.17, 15) is 0 Å². The predicted octanol–water partition coefficient (Wildman–Crippen LogP) is 1.09. The van der Waals surface area contributed by atoms with Gasteiger partial charge in [0.2, 0.25) is 0 Å². The highest BCUT2D eigenvalue weighted by atomic mass is 16.3. The van der Waals surface area contributed by atoms with Crippen molar-refractivity contribution < 1.29 is 10.2 Å². The second kappa shape index (κ2) is 8.32. The fraction of sp³-hybridized carbons (Fsp3) is 0.600. The maximum atomic E-state index is 8.81. The van der Waals surface area contributed by atoms with Gasteiger partial charge in [0.1, 0.15) is 0 Å². The highest BCUT2D eigenvalue weighted by Crippen LogP contribution is 1.91. The summed E-state index contributed by atoms with van der Waals surface area (Å²) in [6.07, 6.45) is 5.44. The van der Waals surface area contributed by atoms with Gasteiger partial charge in [0, 0.05) is 13.0 Å². The molecular formula is C10H16O2. The van der Waals surface area contributed by atoms with E-state index in [0.717, 1.165) is 19.3 Å². The first-order chi connectivity index (χ1) is 5.77. The number of rotatable bonds is 4. The van der Waals surface area contributed by atoms with Crippen LogP contribution in [0.5, 0.6) is 0 Å². The fourth-order valence-corrected chi connectivity index (χ4v) is 0.644. The molecule has 0 saturated heterocycles. The van der Waals surface area contributed by atoms with Crippen LogP contribution in [-0.4, -0.2) is 22.9 Å². The number of hydrogen-bond acceptors (Lipinski definition) is 2. The topological polar surface area (TPSA) is 40.5 Å². The zero-order valence-corrected chi connectivity index (χ0v) is 7.45. The van der Waals surface area contributed by atoms with E-state index in [1.807, 2.05) is 0 Å². The molecule has 0 rings (SSSR count). The van der Waals surface area contributed by atoms with E-state index >= 15 is 0 Å². The third-order valence-corrected chi connectivity index (χ3v) is 1.27. The molecule has 1 atom stereocenters. The molecule has 0 aliphatic rings. The van der Waals surface area contributed by atoms with Gasteiger partial charge in [-0.3, -0.25) is 0 Å². The minimum absolute atomic E-state index is 0.241. The lowest BCUT2D eigenvalue weighted by Crippen LogP contribution is -1.90. The summed E-state index contributed by atoms with van der Waals surface area (Å²) in [5.41, 5.74) is 0. The van der Waals surface area contributed by atoms with Crippen LogP contribution in [0.15, 0.2) is 12.2 Å². The first-order valence-corrected chi connectivity index (χ1v) is 4.21. The Labute approximate surface area is 73.9 Å². The van der Waals surface area contributed by atoms with Crippen molar-refractivity contribution in [3.05, 3.63) is 12.2 Å². The Morgan fingerprint density at radius 2 is 2.17 bits per heavy atom. The van der Waals surface area contributed by atoms with Gasteiger partial charge in [0.25, 0.3) is 0 Å². The summed E-state index contributed by atoms with van der Waals surface area (Å²) in [6.45, 7) is 1.93. The molecule has 0 fully saturated rings. The number of allylic oxidation sites excluding steroid dienone is 1. The number of hydrogen-bond donors (Lipinski definition) is 2. The van der Waals surface area contributed by atoms with E-state index < -0.39 is 6.10 Å². The van der Waals surface area contributed by atoms with Crippen molar-refractivity contribution in [2.24, 2.45) is 0 Å². The van der Waals surface area contributed by atoms with Gasteiger partial charge in [-0.1, -0.05) is 11.8 Å². The van der Waals surface area contributed by atoms with Crippen molar-refractivity contribution in [2.45, 2.75) is 32.3 Å². The number of aliphatic hydroxyl groups is 2. The quantitative estimate of drug-likeness (QED) is 0.487. The lowest BCUT2D eigenvalue weighted by Gasteiger charge is -1.88.